The highest BCUT2D eigenvalue weighted by Crippen LogP contribution is 2.76. The Morgan fingerprint density at radius 1 is 0.810 bits per heavy atom. The van der Waals surface area contributed by atoms with Crippen LogP contribution in [0.5, 0.6) is 0 Å². The van der Waals surface area contributed by atoms with Crippen LogP contribution in [0.2, 0.25) is 0 Å². The van der Waals surface area contributed by atoms with Crippen molar-refractivity contribution >= 4 is 11.9 Å². The minimum absolute atomic E-state index is 0.0745. The molecule has 9 N–H and O–H groups in total. The summed E-state index contributed by atoms with van der Waals surface area (Å²) < 4.78 is 28.4. The van der Waals surface area contributed by atoms with Gasteiger partial charge in [0.25, 0.3) is 0 Å². The van der Waals surface area contributed by atoms with Crippen LogP contribution >= 0.6 is 0 Å². The van der Waals surface area contributed by atoms with Crippen LogP contribution < -0.4 is 0 Å². The van der Waals surface area contributed by atoms with Gasteiger partial charge in [0.1, 0.15) is 42.7 Å². The molecule has 0 aromatic heterocycles. The molecule has 16 heteroatoms. The van der Waals surface area contributed by atoms with Gasteiger partial charge in [-0.15, -0.1) is 0 Å². The van der Waals surface area contributed by atoms with Gasteiger partial charge in [-0.25, -0.2) is 0 Å². The third-order valence-electron chi connectivity index (χ3n) is 17.5. The van der Waals surface area contributed by atoms with E-state index < -0.39 is 102 Å². The SMILES string of the molecule is COC(=O)C1(C(=O)O)CCC2(C)CCC3(C)C(=CCC4C5(C)CC(O)C(OC6OCC(OC7OC(CO)C(O)C(O)C7O)C(O)C6O)C(C)(CO)C5CCC43C)C2C1. The number of allylic oxidation sites excluding steroid dienone is 2. The van der Waals surface area contributed by atoms with Crippen molar-refractivity contribution in [3.63, 3.8) is 0 Å². The van der Waals surface area contributed by atoms with Crippen LogP contribution in [0.4, 0.5) is 0 Å². The van der Waals surface area contributed by atoms with Crippen molar-refractivity contribution in [1.82, 2.24) is 0 Å². The molecule has 2 saturated heterocycles. The lowest BCUT2D eigenvalue weighted by Gasteiger charge is -2.72. The van der Waals surface area contributed by atoms with E-state index in [0.29, 0.717) is 25.7 Å². The van der Waals surface area contributed by atoms with Gasteiger partial charge in [-0.05, 0) is 97.2 Å². The number of ether oxygens (including phenoxy) is 5. The summed E-state index contributed by atoms with van der Waals surface area (Å²) in [5.41, 5.74) is -2.59. The molecular weight excluding hydrogens is 760 g/mol. The summed E-state index contributed by atoms with van der Waals surface area (Å²) in [6, 6.07) is 0. The molecule has 6 fully saturated rings. The number of hydrogen-bond acceptors (Lipinski definition) is 15. The van der Waals surface area contributed by atoms with E-state index in [1.807, 2.05) is 6.92 Å². The Morgan fingerprint density at radius 3 is 2.12 bits per heavy atom. The van der Waals surface area contributed by atoms with Crippen LogP contribution in [-0.2, 0) is 33.3 Å². The fraction of sp³-hybridized carbons (Fsp3) is 0.905. The Bertz CT molecular complexity index is 1610. The molecule has 0 spiro atoms. The van der Waals surface area contributed by atoms with Crippen molar-refractivity contribution in [3.05, 3.63) is 11.6 Å². The first-order valence-corrected chi connectivity index (χ1v) is 21.0. The predicted molar refractivity (Wildman–Crippen MR) is 201 cm³/mol. The number of carboxylic acid groups (broad SMARTS) is 1. The van der Waals surface area contributed by atoms with Gasteiger partial charge >= 0.3 is 11.9 Å². The molecule has 58 heavy (non-hydrogen) atoms. The highest BCUT2D eigenvalue weighted by Gasteiger charge is 2.71. The number of carbonyl (C=O) groups excluding carboxylic acids is 1. The number of rotatable bonds is 8. The summed E-state index contributed by atoms with van der Waals surface area (Å²) in [4.78, 5) is 25.9. The molecule has 0 radical (unpaired) electrons. The van der Waals surface area contributed by atoms with E-state index >= 15 is 0 Å². The number of aliphatic carboxylic acids is 1. The van der Waals surface area contributed by atoms with Gasteiger partial charge in [0, 0.05) is 5.41 Å². The second-order valence-corrected chi connectivity index (χ2v) is 20.1. The molecule has 7 rings (SSSR count). The van der Waals surface area contributed by atoms with Gasteiger partial charge in [-0.3, -0.25) is 9.59 Å². The molecule has 0 bridgehead atoms. The standard InChI is InChI=1S/C42H66O16/c1-37-11-13-40(4)20(21(37)15-42(14-12-37,35(51)52)36(53)54-6)7-8-26-38(2)16-22(45)32(39(3,19-44)25(38)9-10-41(26,40)5)58-33-30(49)28(47)24(18-55-33)57-34-31(50)29(48)27(46)23(17-43)56-34/h7,21-34,43-50H,8-19H2,1-6H3,(H,51,52). The van der Waals surface area contributed by atoms with Crippen LogP contribution in [0.3, 0.4) is 0 Å². The van der Waals surface area contributed by atoms with Crippen molar-refractivity contribution in [3.8, 4) is 0 Å². The van der Waals surface area contributed by atoms with Crippen LogP contribution in [-0.4, -0.2) is 152 Å². The van der Waals surface area contributed by atoms with Crippen LogP contribution in [0, 0.1) is 50.2 Å². The van der Waals surface area contributed by atoms with E-state index in [9.17, 15) is 55.5 Å². The lowest BCUT2D eigenvalue weighted by atomic mass is 9.33. The molecule has 2 heterocycles. The number of hydrogen-bond donors (Lipinski definition) is 9. The Balaban J connectivity index is 1.11. The normalized spacial score (nSPS) is 54.2. The molecule has 0 aromatic carbocycles. The van der Waals surface area contributed by atoms with E-state index in [1.165, 1.54) is 12.7 Å². The minimum Gasteiger partial charge on any atom is -0.480 e. The molecule has 0 amide bonds. The average Bonchev–Trinajstić information content (AvgIpc) is 3.18. The maximum atomic E-state index is 13.1. The molecule has 16 nitrogen and oxygen atoms in total. The summed E-state index contributed by atoms with van der Waals surface area (Å²) in [5, 5.41) is 96.4. The zero-order valence-corrected chi connectivity index (χ0v) is 34.5. The monoisotopic (exact) mass is 826 g/mol. The molecule has 5 aliphatic carbocycles. The summed E-state index contributed by atoms with van der Waals surface area (Å²) in [5.74, 6) is -2.01. The second-order valence-electron chi connectivity index (χ2n) is 20.1. The van der Waals surface area contributed by atoms with E-state index in [0.717, 1.165) is 19.3 Å². The lowest BCUT2D eigenvalue weighted by molar-refractivity contribution is -0.357. The van der Waals surface area contributed by atoms with Crippen LogP contribution in [0.1, 0.15) is 92.4 Å². The van der Waals surface area contributed by atoms with E-state index in [1.54, 1.807) is 0 Å². The third kappa shape index (κ3) is 6.29. The van der Waals surface area contributed by atoms with E-state index in [-0.39, 0.29) is 60.1 Å². The summed E-state index contributed by atoms with van der Waals surface area (Å²) in [7, 11) is 1.25. The summed E-state index contributed by atoms with van der Waals surface area (Å²) in [6.07, 6.45) is -8.31. The molecule has 330 valence electrons. The lowest BCUT2D eigenvalue weighted by Crippen LogP contribution is -2.69. The summed E-state index contributed by atoms with van der Waals surface area (Å²) in [6.45, 7) is 9.61. The second kappa shape index (κ2) is 15.2. The van der Waals surface area contributed by atoms with Crippen molar-refractivity contribution in [1.29, 1.82) is 0 Å². The maximum Gasteiger partial charge on any atom is 0.323 e. The van der Waals surface area contributed by atoms with Crippen molar-refractivity contribution < 1.29 is 79.2 Å². The average molecular weight is 827 g/mol. The number of carbonyl (C=O) groups is 2. The Morgan fingerprint density at radius 2 is 1.48 bits per heavy atom. The van der Waals surface area contributed by atoms with E-state index in [4.69, 9.17) is 23.7 Å². The number of esters is 1. The largest absolute Gasteiger partial charge is 0.480 e. The Kier molecular flexibility index (Phi) is 11.6. The number of fused-ring (bicyclic) bond motifs is 7. The van der Waals surface area contributed by atoms with Crippen molar-refractivity contribution in [2.75, 3.05) is 26.9 Å². The fourth-order valence-electron chi connectivity index (χ4n) is 13.7. The summed E-state index contributed by atoms with van der Waals surface area (Å²) >= 11 is 0. The fourth-order valence-corrected chi connectivity index (χ4v) is 13.7. The zero-order valence-electron chi connectivity index (χ0n) is 34.5. The topological polar surface area (TPSA) is 262 Å². The first kappa shape index (κ1) is 44.3. The molecule has 20 unspecified atom stereocenters. The van der Waals surface area contributed by atoms with Gasteiger partial charge in [0.2, 0.25) is 0 Å². The number of aliphatic hydroxyl groups excluding tert-OH is 8. The highest BCUT2D eigenvalue weighted by molar-refractivity contribution is 5.99. The number of carboxylic acids is 1. The van der Waals surface area contributed by atoms with E-state index in [2.05, 4.69) is 33.8 Å². The maximum absolute atomic E-state index is 13.1. The first-order valence-electron chi connectivity index (χ1n) is 21.0. The van der Waals surface area contributed by atoms with Crippen LogP contribution in [0.25, 0.3) is 0 Å². The molecule has 7 aliphatic rings. The highest BCUT2D eigenvalue weighted by atomic mass is 16.7. The number of aliphatic hydroxyl groups is 8. The van der Waals surface area contributed by atoms with Crippen molar-refractivity contribution in [2.45, 2.75) is 160 Å². The quantitative estimate of drug-likeness (QED) is 0.0703. The van der Waals surface area contributed by atoms with Gasteiger partial charge in [0.05, 0.1) is 39.1 Å². The van der Waals surface area contributed by atoms with Crippen LogP contribution in [0.15, 0.2) is 11.6 Å². The number of methoxy groups -OCH3 is 1. The van der Waals surface area contributed by atoms with Gasteiger partial charge in [-0.1, -0.05) is 46.3 Å². The smallest absolute Gasteiger partial charge is 0.323 e. The third-order valence-corrected chi connectivity index (χ3v) is 17.5. The van der Waals surface area contributed by atoms with Gasteiger partial charge in [0.15, 0.2) is 18.0 Å². The zero-order chi connectivity index (χ0) is 42.5. The van der Waals surface area contributed by atoms with Gasteiger partial charge < -0.3 is 69.6 Å². The molecule has 0 aromatic rings. The Labute approximate surface area is 339 Å². The minimum atomic E-state index is -1.73. The molecule has 2 aliphatic heterocycles. The van der Waals surface area contributed by atoms with Gasteiger partial charge in [-0.2, -0.15) is 0 Å². The molecule has 4 saturated carbocycles. The molecule has 20 atom stereocenters. The predicted octanol–water partition coefficient (Wildman–Crippen LogP) is 0.617. The Hall–Kier alpha value is -1.80. The molecular formula is C42H66O16. The van der Waals surface area contributed by atoms with Crippen molar-refractivity contribution in [2.24, 2.45) is 50.2 Å². The first-order chi connectivity index (χ1) is 27.1.